The van der Waals surface area contributed by atoms with Gasteiger partial charge >= 0.3 is 0 Å². The van der Waals surface area contributed by atoms with Crippen LogP contribution in [0.25, 0.3) is 11.1 Å². The van der Waals surface area contributed by atoms with Gasteiger partial charge in [-0.2, -0.15) is 0 Å². The summed E-state index contributed by atoms with van der Waals surface area (Å²) in [5.41, 5.74) is 2.36. The standard InChI is InChI=1S/C29H32F3N3O2/c1-17(2)35-16-29(3,4)37-28-24(31)11-19(12-27(28)35)22-13-21(33-14-25(22)32)9-18-5-6-26(23(30)10-18)34-20-7-8-36-15-20/h5-6,10-14,17,20,34H,7-9,15-16H2,1-4H3. The molecule has 0 spiro atoms. The van der Waals surface area contributed by atoms with Gasteiger partial charge in [0.2, 0.25) is 0 Å². The normalized spacial score (nSPS) is 18.6. The van der Waals surface area contributed by atoms with Crippen molar-refractivity contribution in [2.45, 2.75) is 58.2 Å². The van der Waals surface area contributed by atoms with E-state index in [0.717, 1.165) is 12.6 Å². The van der Waals surface area contributed by atoms with E-state index < -0.39 is 17.2 Å². The zero-order chi connectivity index (χ0) is 26.3. The Hall–Kier alpha value is -3.26. The number of rotatable bonds is 6. The first-order chi connectivity index (χ1) is 17.6. The summed E-state index contributed by atoms with van der Waals surface area (Å²) in [4.78, 5) is 6.28. The molecule has 0 aliphatic carbocycles. The quantitative estimate of drug-likeness (QED) is 0.418. The number of nitrogens with one attached hydrogen (secondary N) is 1. The summed E-state index contributed by atoms with van der Waals surface area (Å²) in [6.07, 6.45) is 2.28. The molecule has 196 valence electrons. The monoisotopic (exact) mass is 511 g/mol. The highest BCUT2D eigenvalue weighted by molar-refractivity contribution is 5.74. The van der Waals surface area contributed by atoms with E-state index in [-0.39, 0.29) is 29.2 Å². The summed E-state index contributed by atoms with van der Waals surface area (Å²) in [6.45, 7) is 9.71. The number of hydrogen-bond acceptors (Lipinski definition) is 5. The van der Waals surface area contributed by atoms with Crippen LogP contribution in [0, 0.1) is 17.5 Å². The van der Waals surface area contributed by atoms with Gasteiger partial charge < -0.3 is 19.7 Å². The van der Waals surface area contributed by atoms with Gasteiger partial charge in [0.05, 0.1) is 36.8 Å². The van der Waals surface area contributed by atoms with E-state index in [1.807, 2.05) is 33.8 Å². The number of nitrogens with zero attached hydrogens (tertiary/aromatic N) is 2. The summed E-state index contributed by atoms with van der Waals surface area (Å²) in [7, 11) is 0. The molecule has 0 bridgehead atoms. The third kappa shape index (κ3) is 5.39. The predicted molar refractivity (Wildman–Crippen MR) is 139 cm³/mol. The second-order valence-corrected chi connectivity index (χ2v) is 10.7. The molecule has 3 heterocycles. The van der Waals surface area contributed by atoms with Gasteiger partial charge in [-0.1, -0.05) is 6.07 Å². The van der Waals surface area contributed by atoms with Gasteiger partial charge in [-0.3, -0.25) is 4.98 Å². The Bertz CT molecular complexity index is 1310. The third-order valence-electron chi connectivity index (χ3n) is 6.82. The molecule has 1 fully saturated rings. The lowest BCUT2D eigenvalue weighted by atomic mass is 9.98. The molecule has 1 atom stereocenters. The topological polar surface area (TPSA) is 46.6 Å². The van der Waals surface area contributed by atoms with Gasteiger partial charge in [-0.25, -0.2) is 13.2 Å². The minimum atomic E-state index is -0.556. The Morgan fingerprint density at radius 3 is 2.59 bits per heavy atom. The fourth-order valence-corrected chi connectivity index (χ4v) is 4.98. The second kappa shape index (κ2) is 9.89. The number of pyridine rings is 1. The number of halogens is 3. The molecule has 3 aromatic rings. The number of benzene rings is 2. The highest BCUT2D eigenvalue weighted by atomic mass is 19.1. The lowest BCUT2D eigenvalue weighted by molar-refractivity contribution is 0.0967. The Morgan fingerprint density at radius 1 is 1.08 bits per heavy atom. The summed E-state index contributed by atoms with van der Waals surface area (Å²) in [6, 6.07) is 9.85. The number of hydrogen-bond donors (Lipinski definition) is 1. The number of ether oxygens (including phenoxy) is 2. The van der Waals surface area contributed by atoms with Crippen molar-refractivity contribution in [1.82, 2.24) is 4.98 Å². The SMILES string of the molecule is CC(C)N1CC(C)(C)Oc2c(F)cc(-c3cc(Cc4ccc(NC5CCOC5)c(F)c4)ncc3F)cc21. The summed E-state index contributed by atoms with van der Waals surface area (Å²) in [5, 5.41) is 3.17. The molecule has 1 aromatic heterocycles. The molecule has 0 radical (unpaired) electrons. The van der Waals surface area contributed by atoms with Crippen molar-refractivity contribution in [2.75, 3.05) is 30.0 Å². The van der Waals surface area contributed by atoms with Crippen molar-refractivity contribution in [1.29, 1.82) is 0 Å². The van der Waals surface area contributed by atoms with Crippen molar-refractivity contribution in [3.05, 3.63) is 71.3 Å². The zero-order valence-corrected chi connectivity index (χ0v) is 21.6. The molecule has 1 N–H and O–H groups in total. The lowest BCUT2D eigenvalue weighted by Gasteiger charge is -2.43. The molecule has 1 saturated heterocycles. The van der Waals surface area contributed by atoms with E-state index in [1.165, 1.54) is 12.1 Å². The largest absolute Gasteiger partial charge is 0.481 e. The number of anilines is 2. The van der Waals surface area contributed by atoms with Crippen molar-refractivity contribution >= 4 is 11.4 Å². The van der Waals surface area contributed by atoms with Crippen LogP contribution in [-0.2, 0) is 11.2 Å². The van der Waals surface area contributed by atoms with Crippen molar-refractivity contribution < 1.29 is 22.6 Å². The number of fused-ring (bicyclic) bond motifs is 1. The van der Waals surface area contributed by atoms with Gasteiger partial charge in [0.15, 0.2) is 11.6 Å². The highest BCUT2D eigenvalue weighted by Gasteiger charge is 2.35. The van der Waals surface area contributed by atoms with Crippen molar-refractivity contribution in [2.24, 2.45) is 0 Å². The van der Waals surface area contributed by atoms with Crippen LogP contribution in [0.5, 0.6) is 5.75 Å². The van der Waals surface area contributed by atoms with Gasteiger partial charge in [0.25, 0.3) is 0 Å². The molecule has 2 aliphatic heterocycles. The smallest absolute Gasteiger partial charge is 0.179 e. The van der Waals surface area contributed by atoms with E-state index in [9.17, 15) is 8.78 Å². The van der Waals surface area contributed by atoms with Gasteiger partial charge in [-0.05, 0) is 75.6 Å². The Labute approximate surface area is 215 Å². The molecule has 5 rings (SSSR count). The first-order valence-electron chi connectivity index (χ1n) is 12.7. The molecule has 0 amide bonds. The lowest BCUT2D eigenvalue weighted by Crippen LogP contribution is -2.49. The van der Waals surface area contributed by atoms with Crippen LogP contribution in [0.4, 0.5) is 24.5 Å². The van der Waals surface area contributed by atoms with Crippen LogP contribution in [0.3, 0.4) is 0 Å². The van der Waals surface area contributed by atoms with Gasteiger partial charge in [0, 0.05) is 30.3 Å². The average Bonchev–Trinajstić information content (AvgIpc) is 3.35. The van der Waals surface area contributed by atoms with Crippen LogP contribution in [-0.4, -0.2) is 42.4 Å². The van der Waals surface area contributed by atoms with Gasteiger partial charge in [0.1, 0.15) is 17.2 Å². The molecule has 2 aromatic carbocycles. The van der Waals surface area contributed by atoms with E-state index in [1.54, 1.807) is 18.2 Å². The Morgan fingerprint density at radius 2 is 1.89 bits per heavy atom. The van der Waals surface area contributed by atoms with Crippen molar-refractivity contribution in [3.63, 3.8) is 0 Å². The molecular formula is C29H32F3N3O2. The van der Waals surface area contributed by atoms with Gasteiger partial charge in [-0.15, -0.1) is 0 Å². The molecule has 8 heteroatoms. The maximum absolute atomic E-state index is 15.3. The number of aromatic nitrogens is 1. The Kier molecular flexibility index (Phi) is 6.79. The van der Waals surface area contributed by atoms with Crippen molar-refractivity contribution in [3.8, 4) is 16.9 Å². The Balaban J connectivity index is 1.43. The minimum Gasteiger partial charge on any atom is -0.481 e. The molecule has 37 heavy (non-hydrogen) atoms. The fraction of sp³-hybridized carbons (Fsp3) is 0.414. The minimum absolute atomic E-state index is 0.0989. The van der Waals surface area contributed by atoms with Crippen LogP contribution < -0.4 is 15.0 Å². The van der Waals surface area contributed by atoms with E-state index in [0.29, 0.717) is 54.4 Å². The van der Waals surface area contributed by atoms with Crippen LogP contribution >= 0.6 is 0 Å². The maximum atomic E-state index is 15.3. The predicted octanol–water partition coefficient (Wildman–Crippen LogP) is 6.34. The first kappa shape index (κ1) is 25.4. The summed E-state index contributed by atoms with van der Waals surface area (Å²) < 4.78 is 56.2. The summed E-state index contributed by atoms with van der Waals surface area (Å²) >= 11 is 0. The molecule has 5 nitrogen and oxygen atoms in total. The van der Waals surface area contributed by atoms with Crippen LogP contribution in [0.2, 0.25) is 0 Å². The van der Waals surface area contributed by atoms with E-state index >= 15 is 4.39 Å². The maximum Gasteiger partial charge on any atom is 0.179 e. The third-order valence-corrected chi connectivity index (χ3v) is 6.82. The van der Waals surface area contributed by atoms with Crippen LogP contribution in [0.15, 0.2) is 42.6 Å². The highest BCUT2D eigenvalue weighted by Crippen LogP contribution is 2.43. The molecule has 2 aliphatic rings. The van der Waals surface area contributed by atoms with Crippen LogP contribution in [0.1, 0.15) is 45.4 Å². The fourth-order valence-electron chi connectivity index (χ4n) is 4.98. The van der Waals surface area contributed by atoms with E-state index in [4.69, 9.17) is 9.47 Å². The van der Waals surface area contributed by atoms with E-state index in [2.05, 4.69) is 15.2 Å². The second-order valence-electron chi connectivity index (χ2n) is 10.7. The molecule has 1 unspecified atom stereocenters. The molecule has 0 saturated carbocycles. The zero-order valence-electron chi connectivity index (χ0n) is 21.6. The molecular weight excluding hydrogens is 479 g/mol. The summed E-state index contributed by atoms with van der Waals surface area (Å²) in [5.74, 6) is -1.28. The average molecular weight is 512 g/mol. The first-order valence-corrected chi connectivity index (χ1v) is 12.7.